The van der Waals surface area contributed by atoms with Crippen molar-refractivity contribution in [1.82, 2.24) is 14.8 Å². The largest absolute Gasteiger partial charge is 0.478 e. The van der Waals surface area contributed by atoms with Crippen molar-refractivity contribution in [3.05, 3.63) is 87.7 Å². The highest BCUT2D eigenvalue weighted by atomic mass is 35.5. The number of rotatable bonds is 4. The first-order valence-electron chi connectivity index (χ1n) is 8.13. The first-order valence-corrected chi connectivity index (χ1v) is 8.89. The number of carboxylic acids is 1. The Morgan fingerprint density at radius 1 is 0.929 bits per heavy atom. The first-order chi connectivity index (χ1) is 13.5. The molecule has 4 aromatic rings. The standard InChI is InChI=1S/C20H11Cl2N3O3/c21-14-4-1-5-15(22)16(14)18(26)17-13-3-2-10-23-19(13)25(24-17)12-8-6-11(7-9-12)20(27)28/h1-10H,(H,27,28). The lowest BCUT2D eigenvalue weighted by Crippen LogP contribution is -2.06. The Hall–Kier alpha value is -3.22. The number of carbonyl (C=O) groups excluding carboxylic acids is 1. The number of hydrogen-bond donors (Lipinski definition) is 1. The van der Waals surface area contributed by atoms with Crippen LogP contribution < -0.4 is 0 Å². The van der Waals surface area contributed by atoms with Crippen LogP contribution in [0, 0.1) is 0 Å². The van der Waals surface area contributed by atoms with Gasteiger partial charge in [-0.1, -0.05) is 29.3 Å². The Labute approximate surface area is 169 Å². The van der Waals surface area contributed by atoms with Gasteiger partial charge in [0.15, 0.2) is 5.65 Å². The Morgan fingerprint density at radius 3 is 2.25 bits per heavy atom. The topological polar surface area (TPSA) is 85.1 Å². The van der Waals surface area contributed by atoms with Gasteiger partial charge in [0.05, 0.1) is 32.2 Å². The van der Waals surface area contributed by atoms with Crippen LogP contribution in [0.15, 0.2) is 60.8 Å². The van der Waals surface area contributed by atoms with E-state index in [1.54, 1.807) is 48.7 Å². The molecule has 8 heteroatoms. The van der Waals surface area contributed by atoms with Crippen LogP contribution >= 0.6 is 23.2 Å². The fourth-order valence-corrected chi connectivity index (χ4v) is 3.45. The van der Waals surface area contributed by atoms with E-state index in [2.05, 4.69) is 10.1 Å². The van der Waals surface area contributed by atoms with Gasteiger partial charge in [0.1, 0.15) is 5.69 Å². The molecule has 2 aromatic carbocycles. The van der Waals surface area contributed by atoms with Crippen LogP contribution in [0.1, 0.15) is 26.4 Å². The van der Waals surface area contributed by atoms with Gasteiger partial charge in [-0.3, -0.25) is 4.79 Å². The number of nitrogens with zero attached hydrogens (tertiary/aromatic N) is 3. The number of aromatic nitrogens is 3. The Bertz CT molecular complexity index is 1210. The number of hydrogen-bond acceptors (Lipinski definition) is 4. The summed E-state index contributed by atoms with van der Waals surface area (Å²) in [6, 6.07) is 14.4. The number of ketones is 1. The maximum absolute atomic E-state index is 13.1. The molecule has 0 fully saturated rings. The summed E-state index contributed by atoms with van der Waals surface area (Å²) >= 11 is 12.4. The molecule has 2 aromatic heterocycles. The molecule has 0 aliphatic rings. The normalized spacial score (nSPS) is 10.9. The second-order valence-electron chi connectivity index (χ2n) is 5.91. The molecule has 138 valence electrons. The number of carbonyl (C=O) groups is 2. The van der Waals surface area contributed by atoms with Crippen molar-refractivity contribution in [3.63, 3.8) is 0 Å². The molecule has 0 bridgehead atoms. The van der Waals surface area contributed by atoms with E-state index in [0.29, 0.717) is 16.7 Å². The van der Waals surface area contributed by atoms with Crippen LogP contribution in [-0.4, -0.2) is 31.6 Å². The van der Waals surface area contributed by atoms with Crippen LogP contribution in [-0.2, 0) is 0 Å². The number of pyridine rings is 1. The van der Waals surface area contributed by atoms with Crippen LogP contribution in [0.3, 0.4) is 0 Å². The number of aromatic carboxylic acids is 1. The maximum Gasteiger partial charge on any atom is 0.335 e. The molecule has 0 atom stereocenters. The summed E-state index contributed by atoms with van der Waals surface area (Å²) in [6.45, 7) is 0. The molecular weight excluding hydrogens is 401 g/mol. The van der Waals surface area contributed by atoms with E-state index in [0.717, 1.165) is 0 Å². The second-order valence-corrected chi connectivity index (χ2v) is 6.73. The van der Waals surface area contributed by atoms with Gasteiger partial charge in [-0.2, -0.15) is 5.10 Å². The second kappa shape index (κ2) is 7.07. The zero-order chi connectivity index (χ0) is 19.8. The molecule has 0 radical (unpaired) electrons. The predicted molar refractivity (Wildman–Crippen MR) is 106 cm³/mol. The highest BCUT2D eigenvalue weighted by Gasteiger charge is 2.24. The Morgan fingerprint density at radius 2 is 1.61 bits per heavy atom. The first kappa shape index (κ1) is 18.2. The molecule has 28 heavy (non-hydrogen) atoms. The lowest BCUT2D eigenvalue weighted by atomic mass is 10.1. The zero-order valence-corrected chi connectivity index (χ0v) is 15.6. The molecular formula is C20H11Cl2N3O3. The van der Waals surface area contributed by atoms with Crippen LogP contribution in [0.5, 0.6) is 0 Å². The predicted octanol–water partition coefficient (Wildman–Crippen LogP) is 4.66. The minimum atomic E-state index is -1.03. The smallest absolute Gasteiger partial charge is 0.335 e. The van der Waals surface area contributed by atoms with Crippen LogP contribution in [0.2, 0.25) is 10.0 Å². The van der Waals surface area contributed by atoms with E-state index in [1.165, 1.54) is 16.8 Å². The minimum absolute atomic E-state index is 0.146. The Balaban J connectivity index is 1.90. The van der Waals surface area contributed by atoms with Gasteiger partial charge in [-0.25, -0.2) is 14.5 Å². The molecule has 0 spiro atoms. The molecule has 2 heterocycles. The van der Waals surface area contributed by atoms with Crippen molar-refractivity contribution in [2.24, 2.45) is 0 Å². The quantitative estimate of drug-likeness (QED) is 0.493. The van der Waals surface area contributed by atoms with Crippen LogP contribution in [0.25, 0.3) is 16.7 Å². The van der Waals surface area contributed by atoms with E-state index >= 15 is 0 Å². The number of carboxylic acid groups (broad SMARTS) is 1. The zero-order valence-electron chi connectivity index (χ0n) is 14.1. The van der Waals surface area contributed by atoms with E-state index in [-0.39, 0.29) is 26.9 Å². The minimum Gasteiger partial charge on any atom is -0.478 e. The average molecular weight is 412 g/mol. The summed E-state index contributed by atoms with van der Waals surface area (Å²) in [6.07, 6.45) is 1.59. The summed E-state index contributed by atoms with van der Waals surface area (Å²) in [5.41, 5.74) is 1.49. The van der Waals surface area contributed by atoms with Crippen molar-refractivity contribution in [2.75, 3.05) is 0 Å². The van der Waals surface area contributed by atoms with Crippen LogP contribution in [0.4, 0.5) is 0 Å². The summed E-state index contributed by atoms with van der Waals surface area (Å²) in [5.74, 6) is -1.45. The van der Waals surface area contributed by atoms with E-state index in [9.17, 15) is 9.59 Å². The van der Waals surface area contributed by atoms with Gasteiger partial charge in [-0.05, 0) is 48.5 Å². The highest BCUT2D eigenvalue weighted by Crippen LogP contribution is 2.29. The fourth-order valence-electron chi connectivity index (χ4n) is 2.88. The third kappa shape index (κ3) is 3.02. The molecule has 4 rings (SSSR count). The van der Waals surface area contributed by atoms with Crippen molar-refractivity contribution < 1.29 is 14.7 Å². The summed E-state index contributed by atoms with van der Waals surface area (Å²) in [5, 5.41) is 14.5. The molecule has 0 saturated carbocycles. The third-order valence-electron chi connectivity index (χ3n) is 4.21. The molecule has 0 amide bonds. The van der Waals surface area contributed by atoms with Gasteiger partial charge in [0, 0.05) is 6.20 Å². The van der Waals surface area contributed by atoms with Crippen molar-refractivity contribution in [1.29, 1.82) is 0 Å². The third-order valence-corrected chi connectivity index (χ3v) is 4.84. The molecule has 0 aliphatic heterocycles. The lowest BCUT2D eigenvalue weighted by molar-refractivity contribution is 0.0696. The summed E-state index contributed by atoms with van der Waals surface area (Å²) < 4.78 is 1.49. The monoisotopic (exact) mass is 411 g/mol. The van der Waals surface area contributed by atoms with Gasteiger partial charge in [-0.15, -0.1) is 0 Å². The highest BCUT2D eigenvalue weighted by molar-refractivity contribution is 6.41. The van der Waals surface area contributed by atoms with Gasteiger partial charge in [0.25, 0.3) is 0 Å². The molecule has 0 unspecified atom stereocenters. The molecule has 0 aliphatic carbocycles. The average Bonchev–Trinajstić information content (AvgIpc) is 3.07. The van der Waals surface area contributed by atoms with Gasteiger partial charge >= 0.3 is 5.97 Å². The number of benzene rings is 2. The lowest BCUT2D eigenvalue weighted by Gasteiger charge is -2.04. The number of fused-ring (bicyclic) bond motifs is 1. The number of halogens is 2. The van der Waals surface area contributed by atoms with Gasteiger partial charge < -0.3 is 5.11 Å². The van der Waals surface area contributed by atoms with Crippen molar-refractivity contribution >= 4 is 46.0 Å². The van der Waals surface area contributed by atoms with E-state index in [4.69, 9.17) is 28.3 Å². The molecule has 0 saturated heterocycles. The van der Waals surface area contributed by atoms with Crippen molar-refractivity contribution in [2.45, 2.75) is 0 Å². The SMILES string of the molecule is O=C(O)c1ccc(-n2nc(C(=O)c3c(Cl)cccc3Cl)c3cccnc32)cc1. The maximum atomic E-state index is 13.1. The fraction of sp³-hybridized carbons (Fsp3) is 0. The summed E-state index contributed by atoms with van der Waals surface area (Å²) in [4.78, 5) is 28.5. The van der Waals surface area contributed by atoms with E-state index in [1.807, 2.05) is 0 Å². The summed E-state index contributed by atoms with van der Waals surface area (Å²) in [7, 11) is 0. The molecule has 1 N–H and O–H groups in total. The van der Waals surface area contributed by atoms with Gasteiger partial charge in [0.2, 0.25) is 5.78 Å². The van der Waals surface area contributed by atoms with E-state index < -0.39 is 11.8 Å². The Kier molecular flexibility index (Phi) is 4.58. The molecule has 6 nitrogen and oxygen atoms in total. The van der Waals surface area contributed by atoms with Crippen molar-refractivity contribution in [3.8, 4) is 5.69 Å².